The smallest absolute Gasteiger partial charge is 0.283 e. The largest absolute Gasteiger partial charge is 0.411 e. The summed E-state index contributed by atoms with van der Waals surface area (Å²) in [4.78, 5) is 11.2. The Labute approximate surface area is 120 Å². The van der Waals surface area contributed by atoms with Crippen LogP contribution in [0, 0.1) is 10.1 Å². The molecule has 0 saturated carbocycles. The van der Waals surface area contributed by atoms with Crippen molar-refractivity contribution < 1.29 is 10.1 Å². The minimum absolute atomic E-state index is 0.0170. The van der Waals surface area contributed by atoms with Gasteiger partial charge < -0.3 is 5.21 Å². The maximum absolute atomic E-state index is 11.1. The van der Waals surface area contributed by atoms with Crippen LogP contribution in [0.4, 0.5) is 5.69 Å². The molecule has 0 saturated heterocycles. The Hall–Kier alpha value is -2.34. The van der Waals surface area contributed by atoms with Crippen LogP contribution < -0.4 is 0 Å². The quantitative estimate of drug-likeness (QED) is 0.299. The normalized spacial score (nSPS) is 10.8. The number of nitro groups is 1. The van der Waals surface area contributed by atoms with E-state index in [2.05, 4.69) is 5.16 Å². The SMILES string of the molecule is O=[N+]([O-])c1cc(/C=N/O)ccc1SCc1ccccc1. The molecule has 0 bridgehead atoms. The Bertz CT molecular complexity index is 630. The van der Waals surface area contributed by atoms with Gasteiger partial charge in [0.25, 0.3) is 5.69 Å². The van der Waals surface area contributed by atoms with Gasteiger partial charge in [-0.3, -0.25) is 10.1 Å². The molecule has 2 aromatic carbocycles. The van der Waals surface area contributed by atoms with E-state index in [9.17, 15) is 10.1 Å². The number of hydrogen-bond donors (Lipinski definition) is 1. The molecule has 2 rings (SSSR count). The lowest BCUT2D eigenvalue weighted by Crippen LogP contribution is -1.93. The van der Waals surface area contributed by atoms with Gasteiger partial charge in [-0.05, 0) is 11.6 Å². The lowest BCUT2D eigenvalue weighted by Gasteiger charge is -2.04. The van der Waals surface area contributed by atoms with Gasteiger partial charge in [-0.15, -0.1) is 11.8 Å². The predicted octanol–water partition coefficient (Wildman–Crippen LogP) is 3.70. The first-order chi connectivity index (χ1) is 9.70. The van der Waals surface area contributed by atoms with Crippen molar-refractivity contribution in [3.8, 4) is 0 Å². The zero-order chi connectivity index (χ0) is 14.4. The average molecular weight is 288 g/mol. The van der Waals surface area contributed by atoms with Crippen molar-refractivity contribution in [1.29, 1.82) is 0 Å². The van der Waals surface area contributed by atoms with Crippen molar-refractivity contribution in [1.82, 2.24) is 0 Å². The molecule has 5 nitrogen and oxygen atoms in total. The first kappa shape index (κ1) is 14.1. The number of benzene rings is 2. The van der Waals surface area contributed by atoms with E-state index in [-0.39, 0.29) is 5.69 Å². The number of hydrogen-bond acceptors (Lipinski definition) is 5. The topological polar surface area (TPSA) is 75.7 Å². The molecule has 0 spiro atoms. The second-order valence-corrected chi connectivity index (χ2v) is 5.02. The van der Waals surface area contributed by atoms with E-state index in [4.69, 9.17) is 5.21 Å². The first-order valence-corrected chi connectivity index (χ1v) is 6.82. The number of rotatable bonds is 5. The van der Waals surface area contributed by atoms with Crippen LogP contribution in [-0.2, 0) is 5.75 Å². The Kier molecular flexibility index (Phi) is 4.73. The maximum Gasteiger partial charge on any atom is 0.283 e. The molecule has 0 aromatic heterocycles. The van der Waals surface area contributed by atoms with Crippen LogP contribution in [-0.4, -0.2) is 16.3 Å². The van der Waals surface area contributed by atoms with Gasteiger partial charge >= 0.3 is 0 Å². The Morgan fingerprint density at radius 3 is 2.65 bits per heavy atom. The van der Waals surface area contributed by atoms with Crippen molar-refractivity contribution >= 4 is 23.7 Å². The van der Waals surface area contributed by atoms with Crippen LogP contribution in [0.5, 0.6) is 0 Å². The Morgan fingerprint density at radius 2 is 2.00 bits per heavy atom. The molecule has 20 heavy (non-hydrogen) atoms. The number of oxime groups is 1. The van der Waals surface area contributed by atoms with E-state index in [1.807, 2.05) is 30.3 Å². The molecule has 0 aliphatic rings. The van der Waals surface area contributed by atoms with Gasteiger partial charge in [0.05, 0.1) is 16.0 Å². The summed E-state index contributed by atoms with van der Waals surface area (Å²) >= 11 is 1.41. The molecule has 0 heterocycles. The fraction of sp³-hybridized carbons (Fsp3) is 0.0714. The van der Waals surface area contributed by atoms with Crippen LogP contribution in [0.2, 0.25) is 0 Å². The van der Waals surface area contributed by atoms with Gasteiger partial charge in [0.15, 0.2) is 0 Å². The minimum atomic E-state index is -0.429. The molecule has 1 N–H and O–H groups in total. The van der Waals surface area contributed by atoms with Gasteiger partial charge in [0.1, 0.15) is 0 Å². The monoisotopic (exact) mass is 288 g/mol. The minimum Gasteiger partial charge on any atom is -0.411 e. The summed E-state index contributed by atoms with van der Waals surface area (Å²) < 4.78 is 0. The Morgan fingerprint density at radius 1 is 1.25 bits per heavy atom. The van der Waals surface area contributed by atoms with Crippen LogP contribution in [0.1, 0.15) is 11.1 Å². The molecule has 0 unspecified atom stereocenters. The third-order valence-electron chi connectivity index (χ3n) is 2.62. The second-order valence-electron chi connectivity index (χ2n) is 4.00. The molecular formula is C14H12N2O3S. The highest BCUT2D eigenvalue weighted by molar-refractivity contribution is 7.98. The van der Waals surface area contributed by atoms with Gasteiger partial charge in [0, 0.05) is 17.4 Å². The van der Waals surface area contributed by atoms with E-state index in [0.29, 0.717) is 16.2 Å². The molecule has 102 valence electrons. The van der Waals surface area contributed by atoms with Gasteiger partial charge in [-0.2, -0.15) is 0 Å². The maximum atomic E-state index is 11.1. The summed E-state index contributed by atoms with van der Waals surface area (Å²) in [6.07, 6.45) is 1.17. The number of thioether (sulfide) groups is 1. The molecular weight excluding hydrogens is 276 g/mol. The molecule has 0 radical (unpaired) electrons. The lowest BCUT2D eigenvalue weighted by atomic mass is 10.2. The standard InChI is InChI=1S/C14H12N2O3S/c17-15-9-12-6-7-14(13(8-12)16(18)19)20-10-11-4-2-1-3-5-11/h1-9,17H,10H2/b15-9+. The van der Waals surface area contributed by atoms with Crippen molar-refractivity contribution in [2.24, 2.45) is 5.16 Å². The predicted molar refractivity (Wildman–Crippen MR) is 78.5 cm³/mol. The van der Waals surface area contributed by atoms with E-state index in [1.54, 1.807) is 12.1 Å². The van der Waals surface area contributed by atoms with E-state index >= 15 is 0 Å². The second kappa shape index (κ2) is 6.72. The molecule has 0 amide bonds. The van der Waals surface area contributed by atoms with Crippen molar-refractivity contribution in [2.45, 2.75) is 10.6 Å². The van der Waals surface area contributed by atoms with Crippen LogP contribution in [0.25, 0.3) is 0 Å². The van der Waals surface area contributed by atoms with Crippen LogP contribution in [0.3, 0.4) is 0 Å². The van der Waals surface area contributed by atoms with Crippen LogP contribution >= 0.6 is 11.8 Å². The Balaban J connectivity index is 2.20. The third kappa shape index (κ3) is 3.58. The average Bonchev–Trinajstić information content (AvgIpc) is 2.47. The summed E-state index contributed by atoms with van der Waals surface area (Å²) in [7, 11) is 0. The zero-order valence-corrected chi connectivity index (χ0v) is 11.3. The van der Waals surface area contributed by atoms with E-state index in [1.165, 1.54) is 24.0 Å². The molecule has 0 aliphatic carbocycles. The molecule has 6 heteroatoms. The van der Waals surface area contributed by atoms with E-state index in [0.717, 1.165) is 5.56 Å². The number of nitro benzene ring substituents is 1. The third-order valence-corrected chi connectivity index (χ3v) is 3.76. The summed E-state index contributed by atoms with van der Waals surface area (Å²) in [6, 6.07) is 14.5. The lowest BCUT2D eigenvalue weighted by molar-refractivity contribution is -0.387. The van der Waals surface area contributed by atoms with Gasteiger partial charge in [-0.25, -0.2) is 0 Å². The summed E-state index contributed by atoms with van der Waals surface area (Å²) in [5, 5.41) is 22.4. The fourth-order valence-corrected chi connectivity index (χ4v) is 2.64. The van der Waals surface area contributed by atoms with Gasteiger partial charge in [0.2, 0.25) is 0 Å². The molecule has 2 aromatic rings. The highest BCUT2D eigenvalue weighted by Gasteiger charge is 2.14. The van der Waals surface area contributed by atoms with E-state index < -0.39 is 4.92 Å². The first-order valence-electron chi connectivity index (χ1n) is 5.83. The van der Waals surface area contributed by atoms with Crippen molar-refractivity contribution in [3.05, 3.63) is 69.8 Å². The molecule has 0 aliphatic heterocycles. The molecule has 0 atom stereocenters. The summed E-state index contributed by atoms with van der Waals surface area (Å²) in [5.74, 6) is 0.662. The summed E-state index contributed by atoms with van der Waals surface area (Å²) in [6.45, 7) is 0. The van der Waals surface area contributed by atoms with Crippen molar-refractivity contribution in [2.75, 3.05) is 0 Å². The van der Waals surface area contributed by atoms with Crippen molar-refractivity contribution in [3.63, 3.8) is 0 Å². The number of nitrogens with zero attached hydrogens (tertiary/aromatic N) is 2. The van der Waals surface area contributed by atoms with Crippen LogP contribution in [0.15, 0.2) is 58.6 Å². The van der Waals surface area contributed by atoms with Gasteiger partial charge in [-0.1, -0.05) is 41.6 Å². The molecule has 0 fully saturated rings. The zero-order valence-electron chi connectivity index (χ0n) is 10.5. The summed E-state index contributed by atoms with van der Waals surface area (Å²) in [5.41, 5.74) is 1.61. The highest BCUT2D eigenvalue weighted by atomic mass is 32.2. The fourth-order valence-electron chi connectivity index (χ4n) is 1.68. The highest BCUT2D eigenvalue weighted by Crippen LogP contribution is 2.32.